The predicted octanol–water partition coefficient (Wildman–Crippen LogP) is 3.02. The van der Waals surface area contributed by atoms with Gasteiger partial charge in [0.1, 0.15) is 5.65 Å². The highest BCUT2D eigenvalue weighted by Gasteiger charge is 2.09. The third-order valence-electron chi connectivity index (χ3n) is 3.07. The summed E-state index contributed by atoms with van der Waals surface area (Å²) in [5.41, 5.74) is 10.1. The van der Waals surface area contributed by atoms with E-state index < -0.39 is 0 Å². The third kappa shape index (κ3) is 1.79. The van der Waals surface area contributed by atoms with E-state index in [-0.39, 0.29) is 6.04 Å². The summed E-state index contributed by atoms with van der Waals surface area (Å²) in [6.07, 6.45) is 4.04. The van der Waals surface area contributed by atoms with Crippen LogP contribution < -0.4 is 5.73 Å². The number of rotatable bonds is 2. The number of nitrogens with two attached hydrogens (primary N) is 1. The van der Waals surface area contributed by atoms with Gasteiger partial charge in [-0.2, -0.15) is 0 Å². The second-order valence-corrected chi connectivity index (χ2v) is 4.48. The molecule has 1 aromatic carbocycles. The number of imidazole rings is 1. The molecule has 3 aromatic rings. The lowest BCUT2D eigenvalue weighted by Gasteiger charge is -2.05. The summed E-state index contributed by atoms with van der Waals surface area (Å²) in [7, 11) is 0. The van der Waals surface area contributed by atoms with Crippen molar-refractivity contribution in [3.63, 3.8) is 0 Å². The van der Waals surface area contributed by atoms with Crippen LogP contribution in [0, 0.1) is 0 Å². The highest BCUT2D eigenvalue weighted by Crippen LogP contribution is 2.22. The number of nitrogens with zero attached hydrogens (tertiary/aromatic N) is 2. The second-order valence-electron chi connectivity index (χ2n) is 4.48. The van der Waals surface area contributed by atoms with Crippen LogP contribution in [0.3, 0.4) is 0 Å². The van der Waals surface area contributed by atoms with Gasteiger partial charge in [-0.3, -0.25) is 0 Å². The van der Waals surface area contributed by atoms with Crippen molar-refractivity contribution in [3.05, 3.63) is 60.4 Å². The van der Waals surface area contributed by atoms with Crippen LogP contribution in [0.2, 0.25) is 0 Å². The molecule has 2 aromatic heterocycles. The summed E-state index contributed by atoms with van der Waals surface area (Å²) >= 11 is 0. The van der Waals surface area contributed by atoms with Crippen LogP contribution in [-0.4, -0.2) is 9.38 Å². The van der Waals surface area contributed by atoms with Gasteiger partial charge in [0.05, 0.1) is 5.69 Å². The lowest BCUT2D eigenvalue weighted by Crippen LogP contribution is -2.06. The molecule has 0 aliphatic heterocycles. The molecule has 1 unspecified atom stereocenters. The molecule has 3 rings (SSSR count). The molecule has 3 heteroatoms. The Kier molecular flexibility index (Phi) is 2.61. The fraction of sp³-hybridized carbons (Fsp3) is 0.133. The van der Waals surface area contributed by atoms with E-state index in [2.05, 4.69) is 17.1 Å². The third-order valence-corrected chi connectivity index (χ3v) is 3.07. The molecule has 0 saturated carbocycles. The van der Waals surface area contributed by atoms with Gasteiger partial charge in [0.25, 0.3) is 0 Å². The highest BCUT2D eigenvalue weighted by atomic mass is 15.0. The van der Waals surface area contributed by atoms with Gasteiger partial charge in [-0.1, -0.05) is 36.4 Å². The SMILES string of the molecule is CC(N)c1cccn2cc(-c3ccccc3)nc12. The van der Waals surface area contributed by atoms with Gasteiger partial charge in [-0.15, -0.1) is 0 Å². The monoisotopic (exact) mass is 237 g/mol. The first-order valence-electron chi connectivity index (χ1n) is 6.04. The van der Waals surface area contributed by atoms with Gasteiger partial charge < -0.3 is 10.1 Å². The summed E-state index contributed by atoms with van der Waals surface area (Å²) in [4.78, 5) is 4.69. The van der Waals surface area contributed by atoms with Gasteiger partial charge in [-0.05, 0) is 13.0 Å². The number of fused-ring (bicyclic) bond motifs is 1. The van der Waals surface area contributed by atoms with Gasteiger partial charge in [0.2, 0.25) is 0 Å². The van der Waals surface area contributed by atoms with E-state index in [4.69, 9.17) is 5.73 Å². The van der Waals surface area contributed by atoms with E-state index in [1.807, 2.05) is 54.0 Å². The lowest BCUT2D eigenvalue weighted by molar-refractivity contribution is 0.816. The molecule has 2 heterocycles. The summed E-state index contributed by atoms with van der Waals surface area (Å²) < 4.78 is 2.03. The number of hydrogen-bond donors (Lipinski definition) is 1. The van der Waals surface area contributed by atoms with Crippen molar-refractivity contribution in [2.45, 2.75) is 13.0 Å². The summed E-state index contributed by atoms with van der Waals surface area (Å²) in [6.45, 7) is 1.98. The maximum absolute atomic E-state index is 5.97. The van der Waals surface area contributed by atoms with Crippen molar-refractivity contribution in [2.24, 2.45) is 5.73 Å². The highest BCUT2D eigenvalue weighted by molar-refractivity contribution is 5.64. The van der Waals surface area contributed by atoms with Crippen LogP contribution in [0.15, 0.2) is 54.9 Å². The Bertz CT molecular complexity index is 669. The average Bonchev–Trinajstić information content (AvgIpc) is 2.83. The van der Waals surface area contributed by atoms with E-state index in [1.165, 1.54) is 0 Å². The molecule has 0 bridgehead atoms. The number of benzene rings is 1. The zero-order valence-corrected chi connectivity index (χ0v) is 10.2. The Balaban J connectivity index is 2.20. The number of aromatic nitrogens is 2. The smallest absolute Gasteiger partial charge is 0.142 e. The van der Waals surface area contributed by atoms with Crippen LogP contribution in [0.5, 0.6) is 0 Å². The molecule has 3 nitrogen and oxygen atoms in total. The van der Waals surface area contributed by atoms with Gasteiger partial charge in [0, 0.05) is 29.6 Å². The first-order valence-corrected chi connectivity index (χ1v) is 6.04. The summed E-state index contributed by atoms with van der Waals surface area (Å²) in [6, 6.07) is 14.2. The fourth-order valence-electron chi connectivity index (χ4n) is 2.14. The molecule has 0 radical (unpaired) electrons. The van der Waals surface area contributed by atoms with E-state index in [0.717, 1.165) is 22.5 Å². The summed E-state index contributed by atoms with van der Waals surface area (Å²) in [5, 5.41) is 0. The maximum Gasteiger partial charge on any atom is 0.142 e. The first kappa shape index (κ1) is 11.0. The van der Waals surface area contributed by atoms with Crippen LogP contribution in [-0.2, 0) is 0 Å². The average molecular weight is 237 g/mol. The van der Waals surface area contributed by atoms with Crippen molar-refractivity contribution in [1.82, 2.24) is 9.38 Å². The Labute approximate surface area is 106 Å². The molecule has 1 atom stereocenters. The summed E-state index contributed by atoms with van der Waals surface area (Å²) in [5.74, 6) is 0. The normalized spacial score (nSPS) is 12.8. The largest absolute Gasteiger partial charge is 0.324 e. The van der Waals surface area contributed by atoms with E-state index in [0.29, 0.717) is 0 Å². The van der Waals surface area contributed by atoms with E-state index >= 15 is 0 Å². The maximum atomic E-state index is 5.97. The Morgan fingerprint density at radius 1 is 1.11 bits per heavy atom. The second kappa shape index (κ2) is 4.27. The minimum atomic E-state index is -0.0141. The molecule has 0 aliphatic rings. The van der Waals surface area contributed by atoms with Crippen molar-refractivity contribution < 1.29 is 0 Å². The molecule has 2 N–H and O–H groups in total. The first-order chi connectivity index (χ1) is 8.75. The van der Waals surface area contributed by atoms with Crippen molar-refractivity contribution in [1.29, 1.82) is 0 Å². The molecule has 18 heavy (non-hydrogen) atoms. The molecule has 90 valence electrons. The van der Waals surface area contributed by atoms with Crippen LogP contribution in [0.4, 0.5) is 0 Å². The van der Waals surface area contributed by atoms with Crippen molar-refractivity contribution >= 4 is 5.65 Å². The molecule has 0 saturated heterocycles. The molecule has 0 amide bonds. The van der Waals surface area contributed by atoms with E-state index in [9.17, 15) is 0 Å². The quantitative estimate of drug-likeness (QED) is 0.744. The Morgan fingerprint density at radius 3 is 2.61 bits per heavy atom. The Morgan fingerprint density at radius 2 is 1.89 bits per heavy atom. The minimum absolute atomic E-state index is 0.0141. The molecule has 0 aliphatic carbocycles. The van der Waals surface area contributed by atoms with Gasteiger partial charge >= 0.3 is 0 Å². The zero-order valence-electron chi connectivity index (χ0n) is 10.2. The van der Waals surface area contributed by atoms with Gasteiger partial charge in [0.15, 0.2) is 0 Å². The van der Waals surface area contributed by atoms with Crippen molar-refractivity contribution in [3.8, 4) is 11.3 Å². The molecule has 0 spiro atoms. The Hall–Kier alpha value is -2.13. The van der Waals surface area contributed by atoms with Crippen LogP contribution in [0.1, 0.15) is 18.5 Å². The number of hydrogen-bond acceptors (Lipinski definition) is 2. The number of pyridine rings is 1. The minimum Gasteiger partial charge on any atom is -0.324 e. The predicted molar refractivity (Wildman–Crippen MR) is 73.2 cm³/mol. The van der Waals surface area contributed by atoms with Crippen LogP contribution in [0.25, 0.3) is 16.9 Å². The molecular weight excluding hydrogens is 222 g/mol. The van der Waals surface area contributed by atoms with E-state index in [1.54, 1.807) is 0 Å². The zero-order chi connectivity index (χ0) is 12.5. The van der Waals surface area contributed by atoms with Crippen molar-refractivity contribution in [2.75, 3.05) is 0 Å². The standard InChI is InChI=1S/C15H15N3/c1-11(16)13-8-5-9-18-10-14(17-15(13)18)12-6-3-2-4-7-12/h2-11H,16H2,1H3. The fourth-order valence-corrected chi connectivity index (χ4v) is 2.14. The lowest BCUT2D eigenvalue weighted by atomic mass is 10.1. The van der Waals surface area contributed by atoms with Gasteiger partial charge in [-0.25, -0.2) is 4.98 Å². The van der Waals surface area contributed by atoms with Crippen LogP contribution >= 0.6 is 0 Å². The molecular formula is C15H15N3. The molecule has 0 fully saturated rings. The topological polar surface area (TPSA) is 43.3 Å².